The molecule has 0 aliphatic heterocycles. The summed E-state index contributed by atoms with van der Waals surface area (Å²) in [5.74, 6) is 0. The van der Waals surface area contributed by atoms with E-state index in [1.807, 2.05) is 54.9 Å². The Labute approximate surface area is 195 Å². The molecular weight excluding hydrogens is 440 g/mol. The van der Waals surface area contributed by atoms with Gasteiger partial charge in [-0.1, -0.05) is 23.7 Å². The minimum absolute atomic E-state index is 0.635. The van der Waals surface area contributed by atoms with Gasteiger partial charge in [-0.05, 0) is 43.4 Å². The lowest BCUT2D eigenvalue weighted by atomic mass is 10.1. The van der Waals surface area contributed by atoms with Gasteiger partial charge in [-0.25, -0.2) is 4.98 Å². The highest BCUT2D eigenvalue weighted by Gasteiger charge is 2.13. The molecule has 6 nitrogen and oxygen atoms in total. The Morgan fingerprint density at radius 3 is 2.75 bits per heavy atom. The number of thiazole rings is 1. The second kappa shape index (κ2) is 9.16. The normalized spacial score (nSPS) is 11.5. The maximum absolute atomic E-state index is 6.35. The van der Waals surface area contributed by atoms with Crippen molar-refractivity contribution in [1.82, 2.24) is 30.0 Å². The minimum atomic E-state index is 0.635. The molecule has 0 saturated carbocycles. The second-order valence-electron chi connectivity index (χ2n) is 7.66. The number of benzene rings is 1. The highest BCUT2D eigenvalue weighted by atomic mass is 35.5. The van der Waals surface area contributed by atoms with E-state index in [9.17, 15) is 0 Å². The van der Waals surface area contributed by atoms with Crippen LogP contribution in [0.3, 0.4) is 0 Å². The average molecular weight is 461 g/mol. The predicted molar refractivity (Wildman–Crippen MR) is 129 cm³/mol. The summed E-state index contributed by atoms with van der Waals surface area (Å²) in [7, 11) is 2.10. The van der Waals surface area contributed by atoms with Crippen LogP contribution in [0.25, 0.3) is 22.2 Å². The van der Waals surface area contributed by atoms with Crippen LogP contribution >= 0.6 is 22.9 Å². The van der Waals surface area contributed by atoms with Crippen molar-refractivity contribution in [3.63, 3.8) is 0 Å². The first kappa shape index (κ1) is 20.8. The Balaban J connectivity index is 1.32. The van der Waals surface area contributed by atoms with Crippen molar-refractivity contribution in [2.45, 2.75) is 19.5 Å². The number of halogens is 1. The van der Waals surface area contributed by atoms with Gasteiger partial charge in [0.1, 0.15) is 0 Å². The first-order valence-electron chi connectivity index (χ1n) is 10.3. The molecule has 0 spiro atoms. The molecule has 0 amide bonds. The Morgan fingerprint density at radius 1 is 1.00 bits per heavy atom. The van der Waals surface area contributed by atoms with Crippen molar-refractivity contribution < 1.29 is 0 Å². The summed E-state index contributed by atoms with van der Waals surface area (Å²) < 4.78 is 0. The van der Waals surface area contributed by atoms with Gasteiger partial charge in [0.15, 0.2) is 0 Å². The fourth-order valence-electron chi connectivity index (χ4n) is 3.69. The summed E-state index contributed by atoms with van der Waals surface area (Å²) >= 11 is 8.07. The first-order valence-corrected chi connectivity index (χ1v) is 11.4. The largest absolute Gasteiger partial charge is 0.295 e. The molecule has 0 atom stereocenters. The zero-order valence-electron chi connectivity index (χ0n) is 17.5. The summed E-state index contributed by atoms with van der Waals surface area (Å²) in [4.78, 5) is 17.0. The number of aromatic nitrogens is 5. The van der Waals surface area contributed by atoms with E-state index in [0.717, 1.165) is 51.6 Å². The van der Waals surface area contributed by atoms with Gasteiger partial charge in [-0.2, -0.15) is 5.10 Å². The predicted octanol–water partition coefficient (Wildman–Crippen LogP) is 5.35. The van der Waals surface area contributed by atoms with Gasteiger partial charge in [0, 0.05) is 59.6 Å². The summed E-state index contributed by atoms with van der Waals surface area (Å²) in [5, 5.41) is 10.4. The number of H-pyrrole nitrogens is 1. The van der Waals surface area contributed by atoms with Crippen LogP contribution in [0.4, 0.5) is 0 Å². The number of rotatable bonds is 7. The molecule has 0 aliphatic carbocycles. The van der Waals surface area contributed by atoms with Gasteiger partial charge in [0.05, 0.1) is 26.9 Å². The number of nitrogens with one attached hydrogen (secondary N) is 1. The lowest BCUT2D eigenvalue weighted by molar-refractivity contribution is 0.318. The van der Waals surface area contributed by atoms with E-state index < -0.39 is 0 Å². The standard InChI is InChI=1S/C24H21ClN6S/c1-31(14-17-5-2-3-9-26-17)15-18-13-28-23(32-18)12-22-19-11-16(7-8-21(19)29-30-22)24-20(25)6-4-10-27-24/h2-11,13H,12,14-15H2,1H3,(H,29,30). The summed E-state index contributed by atoms with van der Waals surface area (Å²) in [6.45, 7) is 1.64. The highest BCUT2D eigenvalue weighted by molar-refractivity contribution is 7.11. The van der Waals surface area contributed by atoms with E-state index in [4.69, 9.17) is 11.6 Å². The van der Waals surface area contributed by atoms with Gasteiger partial charge >= 0.3 is 0 Å². The molecule has 0 fully saturated rings. The Hall–Kier alpha value is -3.13. The Kier molecular flexibility index (Phi) is 5.94. The zero-order chi connectivity index (χ0) is 21.9. The SMILES string of the molecule is CN(Cc1ccccn1)Cc1cnc(Cc2[nH]nc3ccc(-c4ncccc4Cl)cc23)s1. The van der Waals surface area contributed by atoms with Crippen molar-refractivity contribution in [1.29, 1.82) is 0 Å². The van der Waals surface area contributed by atoms with Crippen LogP contribution in [0.5, 0.6) is 0 Å². The van der Waals surface area contributed by atoms with Crippen LogP contribution in [-0.4, -0.2) is 37.1 Å². The van der Waals surface area contributed by atoms with Crippen LogP contribution in [0.15, 0.2) is 67.1 Å². The molecule has 4 aromatic heterocycles. The smallest absolute Gasteiger partial charge is 0.0987 e. The molecule has 0 saturated heterocycles. The maximum atomic E-state index is 6.35. The summed E-state index contributed by atoms with van der Waals surface area (Å²) in [6.07, 6.45) is 6.25. The van der Waals surface area contributed by atoms with E-state index in [1.54, 1.807) is 17.5 Å². The van der Waals surface area contributed by atoms with Crippen LogP contribution < -0.4 is 0 Å². The molecule has 8 heteroatoms. The minimum Gasteiger partial charge on any atom is -0.295 e. The molecule has 0 unspecified atom stereocenters. The number of nitrogens with zero attached hydrogens (tertiary/aromatic N) is 5. The lowest BCUT2D eigenvalue weighted by Crippen LogP contribution is -2.17. The molecule has 1 N–H and O–H groups in total. The zero-order valence-corrected chi connectivity index (χ0v) is 19.1. The number of hydrogen-bond donors (Lipinski definition) is 1. The fourth-order valence-corrected chi connectivity index (χ4v) is 4.93. The molecule has 160 valence electrons. The highest BCUT2D eigenvalue weighted by Crippen LogP contribution is 2.30. The van der Waals surface area contributed by atoms with Gasteiger partial charge < -0.3 is 0 Å². The molecule has 4 heterocycles. The number of fused-ring (bicyclic) bond motifs is 1. The van der Waals surface area contributed by atoms with Crippen molar-refractivity contribution in [3.8, 4) is 11.3 Å². The quantitative estimate of drug-likeness (QED) is 0.354. The second-order valence-corrected chi connectivity index (χ2v) is 9.27. The van der Waals surface area contributed by atoms with Crippen molar-refractivity contribution >= 4 is 33.8 Å². The third-order valence-electron chi connectivity index (χ3n) is 5.18. The lowest BCUT2D eigenvalue weighted by Gasteiger charge is -2.14. The van der Waals surface area contributed by atoms with E-state index in [0.29, 0.717) is 11.4 Å². The molecule has 0 radical (unpaired) electrons. The number of hydrogen-bond acceptors (Lipinski definition) is 6. The third-order valence-corrected chi connectivity index (χ3v) is 6.47. The van der Waals surface area contributed by atoms with Gasteiger partial charge in [0.25, 0.3) is 0 Å². The van der Waals surface area contributed by atoms with Crippen LogP contribution in [-0.2, 0) is 19.5 Å². The van der Waals surface area contributed by atoms with Gasteiger partial charge in [-0.15, -0.1) is 11.3 Å². The van der Waals surface area contributed by atoms with Gasteiger partial charge in [-0.3, -0.25) is 20.0 Å². The molecule has 32 heavy (non-hydrogen) atoms. The monoisotopic (exact) mass is 460 g/mol. The van der Waals surface area contributed by atoms with Crippen molar-refractivity contribution in [3.05, 3.63) is 93.4 Å². The third kappa shape index (κ3) is 4.55. The number of pyridine rings is 2. The molecule has 0 aliphatic rings. The van der Waals surface area contributed by atoms with Crippen LogP contribution in [0.2, 0.25) is 5.02 Å². The Bertz CT molecular complexity index is 1350. The molecule has 5 rings (SSSR count). The summed E-state index contributed by atoms with van der Waals surface area (Å²) in [6, 6.07) is 15.8. The average Bonchev–Trinajstić information content (AvgIpc) is 3.41. The van der Waals surface area contributed by atoms with E-state index in [1.165, 1.54) is 4.88 Å². The van der Waals surface area contributed by atoms with Crippen LogP contribution in [0.1, 0.15) is 21.3 Å². The molecular formula is C24H21ClN6S. The van der Waals surface area contributed by atoms with Gasteiger partial charge in [0.2, 0.25) is 0 Å². The molecule has 5 aromatic rings. The maximum Gasteiger partial charge on any atom is 0.0987 e. The van der Waals surface area contributed by atoms with Crippen molar-refractivity contribution in [2.24, 2.45) is 0 Å². The molecule has 1 aromatic carbocycles. The van der Waals surface area contributed by atoms with E-state index in [-0.39, 0.29) is 0 Å². The fraction of sp³-hybridized carbons (Fsp3) is 0.167. The Morgan fingerprint density at radius 2 is 1.91 bits per heavy atom. The summed E-state index contributed by atoms with van der Waals surface area (Å²) in [5.41, 5.74) is 4.77. The first-order chi connectivity index (χ1) is 15.7. The van der Waals surface area contributed by atoms with E-state index >= 15 is 0 Å². The van der Waals surface area contributed by atoms with E-state index in [2.05, 4.69) is 43.2 Å². The molecule has 0 bridgehead atoms. The number of aromatic amines is 1. The van der Waals surface area contributed by atoms with Crippen LogP contribution in [0, 0.1) is 0 Å². The van der Waals surface area contributed by atoms with Crippen molar-refractivity contribution in [2.75, 3.05) is 7.05 Å². The topological polar surface area (TPSA) is 70.6 Å².